The van der Waals surface area contributed by atoms with Crippen LogP contribution in [0, 0.1) is 0 Å². The van der Waals surface area contributed by atoms with Crippen LogP contribution >= 0.6 is 0 Å². The number of ether oxygens (including phenoxy) is 4. The van der Waals surface area contributed by atoms with Gasteiger partial charge in [-0.25, -0.2) is 4.79 Å². The summed E-state index contributed by atoms with van der Waals surface area (Å²) in [6.45, 7) is 7.58. The Morgan fingerprint density at radius 1 is 1.42 bits per heavy atom. The number of hydrogen-bond acceptors (Lipinski definition) is 5. The molecule has 2 heterocycles. The van der Waals surface area contributed by atoms with Gasteiger partial charge in [0.25, 0.3) is 0 Å². The fourth-order valence-corrected chi connectivity index (χ4v) is 2.95. The van der Waals surface area contributed by atoms with E-state index in [1.165, 1.54) is 0 Å². The predicted molar refractivity (Wildman–Crippen MR) is 88.4 cm³/mol. The van der Waals surface area contributed by atoms with Gasteiger partial charge < -0.3 is 18.9 Å². The van der Waals surface area contributed by atoms with Crippen LogP contribution in [-0.2, 0) is 18.9 Å². The second-order valence-electron chi connectivity index (χ2n) is 6.37. The van der Waals surface area contributed by atoms with Crippen molar-refractivity contribution in [3.05, 3.63) is 48.6 Å². The van der Waals surface area contributed by atoms with Crippen LogP contribution < -0.4 is 0 Å². The van der Waals surface area contributed by atoms with Gasteiger partial charge in [-0.3, -0.25) is 0 Å². The first-order valence-corrected chi connectivity index (χ1v) is 8.44. The van der Waals surface area contributed by atoms with E-state index < -0.39 is 5.97 Å². The molecule has 0 radical (unpaired) electrons. The molecule has 0 aromatic heterocycles. The van der Waals surface area contributed by atoms with Gasteiger partial charge in [-0.15, -0.1) is 6.58 Å². The van der Waals surface area contributed by atoms with Gasteiger partial charge >= 0.3 is 11.9 Å². The van der Waals surface area contributed by atoms with E-state index in [-0.39, 0.29) is 30.4 Å². The van der Waals surface area contributed by atoms with Crippen molar-refractivity contribution in [2.45, 2.75) is 63.5 Å². The molecule has 0 amide bonds. The summed E-state index contributed by atoms with van der Waals surface area (Å²) < 4.78 is 23.1. The molecule has 0 spiro atoms. The van der Waals surface area contributed by atoms with Gasteiger partial charge in [-0.05, 0) is 38.8 Å². The highest BCUT2D eigenvalue weighted by Gasteiger charge is 2.66. The van der Waals surface area contributed by atoms with Crippen molar-refractivity contribution in [3.63, 3.8) is 0 Å². The molecule has 0 aliphatic carbocycles. The van der Waals surface area contributed by atoms with Crippen LogP contribution in [0.4, 0.5) is 0 Å². The maximum atomic E-state index is 12.2. The smallest absolute Gasteiger partial charge is 0.338 e. The summed E-state index contributed by atoms with van der Waals surface area (Å²) in [7, 11) is 0. The lowest BCUT2D eigenvalue weighted by Gasteiger charge is -2.31. The molecule has 5 unspecified atom stereocenters. The lowest BCUT2D eigenvalue weighted by molar-refractivity contribution is -0.283. The molecule has 0 saturated carbocycles. The Morgan fingerprint density at radius 2 is 2.17 bits per heavy atom. The number of hydrogen-bond donors (Lipinski definition) is 0. The first-order chi connectivity index (χ1) is 11.5. The van der Waals surface area contributed by atoms with Crippen LogP contribution in [0.15, 0.2) is 43.0 Å². The Bertz CT molecular complexity index is 587. The van der Waals surface area contributed by atoms with Gasteiger partial charge in [-0.2, -0.15) is 0 Å². The summed E-state index contributed by atoms with van der Waals surface area (Å²) in [5, 5.41) is 0. The highest BCUT2D eigenvalue weighted by atomic mass is 17.0. The van der Waals surface area contributed by atoms with E-state index in [1.54, 1.807) is 12.1 Å². The van der Waals surface area contributed by atoms with E-state index in [1.807, 2.05) is 38.1 Å². The van der Waals surface area contributed by atoms with E-state index in [4.69, 9.17) is 18.9 Å². The average Bonchev–Trinajstić information content (AvgIpc) is 3.25. The maximum absolute atomic E-state index is 12.2. The summed E-state index contributed by atoms with van der Waals surface area (Å²) in [5.41, 5.74) is 0.535. The molecule has 2 saturated heterocycles. The molecule has 5 nitrogen and oxygen atoms in total. The average molecular weight is 332 g/mol. The zero-order valence-electron chi connectivity index (χ0n) is 14.1. The normalized spacial score (nSPS) is 32.5. The zero-order chi connectivity index (χ0) is 17.2. The molecule has 3 rings (SSSR count). The fourth-order valence-electron chi connectivity index (χ4n) is 2.95. The maximum Gasteiger partial charge on any atom is 0.338 e. The molecule has 1 aromatic carbocycles. The third-order valence-corrected chi connectivity index (χ3v) is 4.37. The summed E-state index contributed by atoms with van der Waals surface area (Å²) in [6.07, 6.45) is 3.39. The molecule has 2 aliphatic heterocycles. The van der Waals surface area contributed by atoms with Crippen molar-refractivity contribution < 1.29 is 23.7 Å². The van der Waals surface area contributed by atoms with E-state index in [9.17, 15) is 4.79 Å². The lowest BCUT2D eigenvalue weighted by atomic mass is 10.1. The first kappa shape index (κ1) is 17.1. The summed E-state index contributed by atoms with van der Waals surface area (Å²) >= 11 is 0. The SMILES string of the molecule is C=CCCC(C)OC12OC(C)C(OC(=O)c3ccccc3)CC1O2. The minimum absolute atomic E-state index is 0.0172. The van der Waals surface area contributed by atoms with Crippen LogP contribution in [0.1, 0.15) is 43.5 Å². The third-order valence-electron chi connectivity index (χ3n) is 4.37. The molecule has 2 aliphatic rings. The van der Waals surface area contributed by atoms with Crippen LogP contribution in [-0.4, -0.2) is 36.4 Å². The van der Waals surface area contributed by atoms with Crippen LogP contribution in [0.25, 0.3) is 0 Å². The number of fused-ring (bicyclic) bond motifs is 1. The molecule has 5 heteroatoms. The van der Waals surface area contributed by atoms with Crippen LogP contribution in [0.5, 0.6) is 0 Å². The number of allylic oxidation sites excluding steroid dienone is 1. The predicted octanol–water partition coefficient (Wildman–Crippen LogP) is 3.44. The monoisotopic (exact) mass is 332 g/mol. The third kappa shape index (κ3) is 3.69. The highest BCUT2D eigenvalue weighted by Crippen LogP contribution is 2.48. The van der Waals surface area contributed by atoms with Gasteiger partial charge in [0, 0.05) is 6.42 Å². The van der Waals surface area contributed by atoms with Crippen molar-refractivity contribution in [2.75, 3.05) is 0 Å². The Kier molecular flexibility index (Phi) is 5.04. The van der Waals surface area contributed by atoms with Crippen LogP contribution in [0.3, 0.4) is 0 Å². The quantitative estimate of drug-likeness (QED) is 0.435. The number of carbonyl (C=O) groups is 1. The Balaban J connectivity index is 1.54. The van der Waals surface area contributed by atoms with Gasteiger partial charge in [0.15, 0.2) is 0 Å². The molecule has 130 valence electrons. The fraction of sp³-hybridized carbons (Fsp3) is 0.526. The van der Waals surface area contributed by atoms with E-state index in [0.29, 0.717) is 12.0 Å². The van der Waals surface area contributed by atoms with Gasteiger partial charge in [0.1, 0.15) is 12.2 Å². The molecule has 1 aromatic rings. The van der Waals surface area contributed by atoms with E-state index in [2.05, 4.69) is 6.58 Å². The minimum Gasteiger partial charge on any atom is -0.456 e. The number of carbonyl (C=O) groups excluding carboxylic acids is 1. The summed E-state index contributed by atoms with van der Waals surface area (Å²) in [6, 6.07) is 8.95. The largest absolute Gasteiger partial charge is 0.456 e. The molecule has 5 atom stereocenters. The van der Waals surface area contributed by atoms with Crippen molar-refractivity contribution in [3.8, 4) is 0 Å². The summed E-state index contributed by atoms with van der Waals surface area (Å²) in [4.78, 5) is 12.2. The number of rotatable bonds is 7. The van der Waals surface area contributed by atoms with Crippen molar-refractivity contribution >= 4 is 5.97 Å². The van der Waals surface area contributed by atoms with Crippen LogP contribution in [0.2, 0.25) is 0 Å². The zero-order valence-corrected chi connectivity index (χ0v) is 14.1. The molecule has 0 bridgehead atoms. The van der Waals surface area contributed by atoms with Crippen molar-refractivity contribution in [2.24, 2.45) is 0 Å². The molecular formula is C19H24O5. The second kappa shape index (κ2) is 7.05. The van der Waals surface area contributed by atoms with Gasteiger partial charge in [-0.1, -0.05) is 24.3 Å². The minimum atomic E-state index is -0.963. The Morgan fingerprint density at radius 3 is 2.88 bits per heavy atom. The van der Waals surface area contributed by atoms with Gasteiger partial charge in [0.05, 0.1) is 17.8 Å². The molecule has 24 heavy (non-hydrogen) atoms. The van der Waals surface area contributed by atoms with E-state index >= 15 is 0 Å². The topological polar surface area (TPSA) is 57.3 Å². The molecule has 0 N–H and O–H groups in total. The van der Waals surface area contributed by atoms with Crippen molar-refractivity contribution in [1.29, 1.82) is 0 Å². The van der Waals surface area contributed by atoms with Crippen molar-refractivity contribution in [1.82, 2.24) is 0 Å². The van der Waals surface area contributed by atoms with Gasteiger partial charge in [0.2, 0.25) is 0 Å². The Hall–Kier alpha value is -1.69. The molecule has 2 fully saturated rings. The highest BCUT2D eigenvalue weighted by molar-refractivity contribution is 5.89. The lowest BCUT2D eigenvalue weighted by Crippen LogP contribution is -2.44. The number of epoxide rings is 1. The second-order valence-corrected chi connectivity index (χ2v) is 6.37. The van der Waals surface area contributed by atoms with E-state index in [0.717, 1.165) is 12.8 Å². The number of benzene rings is 1. The number of esters is 1. The Labute approximate surface area is 142 Å². The summed E-state index contributed by atoms with van der Waals surface area (Å²) in [5.74, 6) is -1.31. The first-order valence-electron chi connectivity index (χ1n) is 8.44. The molecular weight excluding hydrogens is 308 g/mol. The standard InChI is InChI=1S/C19H24O5/c1-4-5-9-13(2)22-19-17(24-19)12-16(14(3)23-19)21-18(20)15-10-7-6-8-11-15/h4,6-8,10-11,13-14,16-17H,1,5,9,12H2,2-3H3.